The Morgan fingerprint density at radius 1 is 1.25 bits per heavy atom. The highest BCUT2D eigenvalue weighted by atomic mass is 127. The molecule has 3 N–H and O–H groups in total. The molecule has 1 heterocycles. The van der Waals surface area contributed by atoms with Crippen LogP contribution in [0, 0.1) is 0 Å². The molecule has 2 rings (SSSR count). The Bertz CT molecular complexity index is 600. The molecule has 0 amide bonds. The van der Waals surface area contributed by atoms with E-state index >= 15 is 0 Å². The van der Waals surface area contributed by atoms with Crippen LogP contribution in [0.25, 0.3) is 11.3 Å². The Hall–Kier alpha value is -1.61. The van der Waals surface area contributed by atoms with Gasteiger partial charge in [-0.05, 0) is 18.9 Å². The maximum atomic E-state index is 5.31. The van der Waals surface area contributed by atoms with Gasteiger partial charge in [0.05, 0.1) is 18.4 Å². The van der Waals surface area contributed by atoms with Crippen LogP contribution in [0.3, 0.4) is 0 Å². The maximum absolute atomic E-state index is 5.31. The second kappa shape index (κ2) is 11.9. The number of nitrogens with one attached hydrogen (secondary N) is 3. The van der Waals surface area contributed by atoms with Crippen molar-refractivity contribution in [2.45, 2.75) is 19.9 Å². The van der Waals surface area contributed by atoms with E-state index in [1.54, 1.807) is 7.05 Å². The summed E-state index contributed by atoms with van der Waals surface area (Å²) in [5.74, 6) is 1.64. The number of benzene rings is 1. The van der Waals surface area contributed by atoms with Crippen LogP contribution in [0.4, 0.5) is 0 Å². The minimum Gasteiger partial charge on any atom is -0.382 e. The summed E-state index contributed by atoms with van der Waals surface area (Å²) in [6.07, 6.45) is 2.80. The predicted octanol–water partition coefficient (Wildman–Crippen LogP) is 2.79. The number of rotatable bonds is 8. The molecule has 6 nitrogen and oxygen atoms in total. The molecule has 0 saturated carbocycles. The van der Waals surface area contributed by atoms with Gasteiger partial charge in [-0.2, -0.15) is 0 Å². The normalized spacial score (nSPS) is 11.0. The van der Waals surface area contributed by atoms with E-state index in [1.807, 2.05) is 31.3 Å². The maximum Gasteiger partial charge on any atom is 0.191 e. The molecular weight excluding hydrogens is 417 g/mol. The van der Waals surface area contributed by atoms with Crippen molar-refractivity contribution in [2.24, 2.45) is 4.99 Å². The van der Waals surface area contributed by atoms with Crippen LogP contribution >= 0.6 is 24.0 Å². The lowest BCUT2D eigenvalue weighted by Gasteiger charge is -2.10. The topological polar surface area (TPSA) is 74.3 Å². The molecule has 1 aromatic heterocycles. The Morgan fingerprint density at radius 3 is 2.75 bits per heavy atom. The predicted molar refractivity (Wildman–Crippen MR) is 109 cm³/mol. The van der Waals surface area contributed by atoms with Crippen LogP contribution in [0.15, 0.2) is 41.5 Å². The highest BCUT2D eigenvalue weighted by Gasteiger charge is 2.04. The highest BCUT2D eigenvalue weighted by Crippen LogP contribution is 2.15. The zero-order valence-electron chi connectivity index (χ0n) is 14.2. The molecule has 0 atom stereocenters. The fourth-order valence-electron chi connectivity index (χ4n) is 2.13. The van der Waals surface area contributed by atoms with Gasteiger partial charge in [0, 0.05) is 26.8 Å². The number of aromatic nitrogens is 2. The first-order valence-corrected chi connectivity index (χ1v) is 7.95. The molecule has 2 aromatic rings. The molecule has 0 aliphatic rings. The molecule has 0 aliphatic heterocycles. The van der Waals surface area contributed by atoms with Gasteiger partial charge in [0.15, 0.2) is 5.96 Å². The van der Waals surface area contributed by atoms with Gasteiger partial charge in [-0.1, -0.05) is 30.3 Å². The molecule has 24 heavy (non-hydrogen) atoms. The monoisotopic (exact) mass is 443 g/mol. The largest absolute Gasteiger partial charge is 0.382 e. The Balaban J connectivity index is 0.00000288. The number of guanidine groups is 1. The Morgan fingerprint density at radius 2 is 2.04 bits per heavy atom. The number of aromatic amines is 1. The molecule has 0 radical (unpaired) electrons. The summed E-state index contributed by atoms with van der Waals surface area (Å²) in [7, 11) is 1.76. The fourth-order valence-corrected chi connectivity index (χ4v) is 2.13. The zero-order valence-corrected chi connectivity index (χ0v) is 16.5. The lowest BCUT2D eigenvalue weighted by atomic mass is 10.2. The van der Waals surface area contributed by atoms with Gasteiger partial charge in [0.2, 0.25) is 0 Å². The SMILES string of the molecule is CCOCCCNC(=NC)NCc1ncc(-c2ccccc2)[nH]1.I. The van der Waals surface area contributed by atoms with Crippen LogP contribution < -0.4 is 10.6 Å². The first-order valence-electron chi connectivity index (χ1n) is 7.95. The van der Waals surface area contributed by atoms with E-state index in [0.717, 1.165) is 49.2 Å². The van der Waals surface area contributed by atoms with E-state index in [9.17, 15) is 0 Å². The van der Waals surface area contributed by atoms with Crippen molar-refractivity contribution in [2.75, 3.05) is 26.8 Å². The smallest absolute Gasteiger partial charge is 0.191 e. The summed E-state index contributed by atoms with van der Waals surface area (Å²) in [5.41, 5.74) is 2.15. The van der Waals surface area contributed by atoms with E-state index < -0.39 is 0 Å². The average molecular weight is 443 g/mol. The Labute approximate surface area is 160 Å². The molecule has 0 saturated heterocycles. The molecule has 132 valence electrons. The molecule has 0 unspecified atom stereocenters. The van der Waals surface area contributed by atoms with Crippen LogP contribution in [0.2, 0.25) is 0 Å². The van der Waals surface area contributed by atoms with Gasteiger partial charge in [-0.15, -0.1) is 24.0 Å². The number of hydrogen-bond acceptors (Lipinski definition) is 3. The van der Waals surface area contributed by atoms with E-state index in [2.05, 4.69) is 37.7 Å². The summed E-state index contributed by atoms with van der Waals surface area (Å²) in [5, 5.41) is 6.50. The highest BCUT2D eigenvalue weighted by molar-refractivity contribution is 14.0. The number of H-pyrrole nitrogens is 1. The van der Waals surface area contributed by atoms with Crippen molar-refractivity contribution in [3.8, 4) is 11.3 Å². The third-order valence-corrected chi connectivity index (χ3v) is 3.32. The molecule has 0 fully saturated rings. The van der Waals surface area contributed by atoms with Gasteiger partial charge in [0.1, 0.15) is 5.82 Å². The molecular formula is C17H26IN5O. The van der Waals surface area contributed by atoms with Crippen molar-refractivity contribution in [3.05, 3.63) is 42.4 Å². The Kier molecular flexibility index (Phi) is 10.1. The summed E-state index contributed by atoms with van der Waals surface area (Å²) in [6.45, 7) is 4.94. The van der Waals surface area contributed by atoms with E-state index in [4.69, 9.17) is 4.74 Å². The van der Waals surface area contributed by atoms with Crippen molar-refractivity contribution >= 4 is 29.9 Å². The second-order valence-corrected chi connectivity index (χ2v) is 5.01. The van der Waals surface area contributed by atoms with Gasteiger partial charge in [-0.25, -0.2) is 4.98 Å². The quantitative estimate of drug-likeness (QED) is 0.254. The van der Waals surface area contributed by atoms with Gasteiger partial charge >= 0.3 is 0 Å². The summed E-state index contributed by atoms with van der Waals surface area (Å²) in [4.78, 5) is 11.9. The molecule has 0 spiro atoms. The minimum absolute atomic E-state index is 0. The lowest BCUT2D eigenvalue weighted by Crippen LogP contribution is -2.37. The number of hydrogen-bond donors (Lipinski definition) is 3. The van der Waals surface area contributed by atoms with Gasteiger partial charge < -0.3 is 20.4 Å². The van der Waals surface area contributed by atoms with Gasteiger partial charge in [-0.3, -0.25) is 4.99 Å². The zero-order chi connectivity index (χ0) is 16.3. The van der Waals surface area contributed by atoms with Crippen LogP contribution in [-0.4, -0.2) is 42.7 Å². The number of aliphatic imine (C=N–C) groups is 1. The van der Waals surface area contributed by atoms with E-state index in [0.29, 0.717) is 6.54 Å². The minimum atomic E-state index is 0. The van der Waals surface area contributed by atoms with Gasteiger partial charge in [0.25, 0.3) is 0 Å². The van der Waals surface area contributed by atoms with E-state index in [1.165, 1.54) is 0 Å². The fraction of sp³-hybridized carbons (Fsp3) is 0.412. The third-order valence-electron chi connectivity index (χ3n) is 3.32. The van der Waals surface area contributed by atoms with Crippen molar-refractivity contribution < 1.29 is 4.74 Å². The molecule has 7 heteroatoms. The standard InChI is InChI=1S/C17H25N5O.HI/c1-3-23-11-7-10-19-17(18-2)21-13-16-20-12-15(22-16)14-8-5-4-6-9-14;/h4-6,8-9,12H,3,7,10-11,13H2,1-2H3,(H,20,22)(H2,18,19,21);1H. The van der Waals surface area contributed by atoms with E-state index in [-0.39, 0.29) is 24.0 Å². The molecule has 0 aliphatic carbocycles. The summed E-state index contributed by atoms with van der Waals surface area (Å²) in [6, 6.07) is 10.2. The molecule has 1 aromatic carbocycles. The third kappa shape index (κ3) is 6.88. The first-order chi connectivity index (χ1) is 11.3. The van der Waals surface area contributed by atoms with Crippen molar-refractivity contribution in [1.82, 2.24) is 20.6 Å². The van der Waals surface area contributed by atoms with Crippen LogP contribution in [0.5, 0.6) is 0 Å². The first kappa shape index (κ1) is 20.4. The number of ether oxygens (including phenoxy) is 1. The number of halogens is 1. The van der Waals surface area contributed by atoms with Crippen LogP contribution in [-0.2, 0) is 11.3 Å². The second-order valence-electron chi connectivity index (χ2n) is 5.01. The molecule has 0 bridgehead atoms. The van der Waals surface area contributed by atoms with Crippen molar-refractivity contribution in [1.29, 1.82) is 0 Å². The van der Waals surface area contributed by atoms with Crippen LogP contribution in [0.1, 0.15) is 19.2 Å². The number of nitrogens with zero attached hydrogens (tertiary/aromatic N) is 2. The van der Waals surface area contributed by atoms with Crippen molar-refractivity contribution in [3.63, 3.8) is 0 Å². The summed E-state index contributed by atoms with van der Waals surface area (Å²) >= 11 is 0. The lowest BCUT2D eigenvalue weighted by molar-refractivity contribution is 0.145. The summed E-state index contributed by atoms with van der Waals surface area (Å²) < 4.78 is 5.31. The number of imidazole rings is 1. The average Bonchev–Trinajstić information content (AvgIpc) is 3.07.